The van der Waals surface area contributed by atoms with Gasteiger partial charge < -0.3 is 10.2 Å². The van der Waals surface area contributed by atoms with E-state index in [1.165, 1.54) is 9.79 Å². The molecule has 1 amide bonds. The lowest BCUT2D eigenvalue weighted by atomic mass is 10.2. The van der Waals surface area contributed by atoms with Crippen molar-refractivity contribution in [2.45, 2.75) is 16.2 Å². The number of para-hydroxylation sites is 2. The van der Waals surface area contributed by atoms with E-state index in [0.717, 1.165) is 17.6 Å². The molecular formula is C22H21N3O3S2. The molecule has 0 atom stereocenters. The van der Waals surface area contributed by atoms with E-state index >= 15 is 0 Å². The zero-order valence-corrected chi connectivity index (χ0v) is 18.0. The fourth-order valence-electron chi connectivity index (χ4n) is 3.29. The fraction of sp³-hybridized carbons (Fsp3) is 0.136. The summed E-state index contributed by atoms with van der Waals surface area (Å²) in [5.41, 5.74) is 3.28. The predicted molar refractivity (Wildman–Crippen MR) is 122 cm³/mol. The molecule has 3 aromatic rings. The lowest BCUT2D eigenvalue weighted by Crippen LogP contribution is -2.25. The third-order valence-electron chi connectivity index (χ3n) is 4.57. The summed E-state index contributed by atoms with van der Waals surface area (Å²) in [6, 6.07) is 23.0. The molecule has 1 aliphatic rings. The van der Waals surface area contributed by atoms with Crippen LogP contribution in [0.5, 0.6) is 0 Å². The van der Waals surface area contributed by atoms with Gasteiger partial charge in [-0.2, -0.15) is 0 Å². The van der Waals surface area contributed by atoms with Gasteiger partial charge in [0.1, 0.15) is 0 Å². The van der Waals surface area contributed by atoms with Gasteiger partial charge in [0, 0.05) is 34.1 Å². The van der Waals surface area contributed by atoms with Crippen LogP contribution < -0.4 is 14.9 Å². The van der Waals surface area contributed by atoms with Gasteiger partial charge in [-0.05, 0) is 48.5 Å². The number of nitrogens with zero attached hydrogens (tertiary/aromatic N) is 1. The summed E-state index contributed by atoms with van der Waals surface area (Å²) in [6.07, 6.45) is 1.41. The molecule has 30 heavy (non-hydrogen) atoms. The van der Waals surface area contributed by atoms with Crippen LogP contribution in [0.3, 0.4) is 0 Å². The molecule has 0 unspecified atom stereocenters. The topological polar surface area (TPSA) is 78.5 Å². The monoisotopic (exact) mass is 439 g/mol. The summed E-state index contributed by atoms with van der Waals surface area (Å²) in [4.78, 5) is 17.1. The third kappa shape index (κ3) is 4.77. The van der Waals surface area contributed by atoms with Crippen molar-refractivity contribution in [2.75, 3.05) is 27.7 Å². The highest BCUT2D eigenvalue weighted by molar-refractivity contribution is 7.99. The van der Waals surface area contributed by atoms with Gasteiger partial charge in [0.15, 0.2) is 0 Å². The van der Waals surface area contributed by atoms with Crippen molar-refractivity contribution in [3.05, 3.63) is 72.8 Å². The van der Waals surface area contributed by atoms with E-state index in [1.54, 1.807) is 36.0 Å². The molecule has 2 N–H and O–H groups in total. The summed E-state index contributed by atoms with van der Waals surface area (Å²) >= 11 is 1.74. The van der Waals surface area contributed by atoms with E-state index in [1.807, 2.05) is 24.3 Å². The van der Waals surface area contributed by atoms with E-state index in [9.17, 15) is 13.2 Å². The van der Waals surface area contributed by atoms with Crippen molar-refractivity contribution in [3.63, 3.8) is 0 Å². The van der Waals surface area contributed by atoms with Crippen molar-refractivity contribution in [3.8, 4) is 0 Å². The van der Waals surface area contributed by atoms with Crippen LogP contribution in [-0.4, -0.2) is 27.1 Å². The first-order valence-corrected chi connectivity index (χ1v) is 12.1. The van der Waals surface area contributed by atoms with E-state index < -0.39 is 10.0 Å². The number of sulfonamides is 1. The maximum atomic E-state index is 12.5. The van der Waals surface area contributed by atoms with Crippen molar-refractivity contribution < 1.29 is 13.2 Å². The van der Waals surface area contributed by atoms with E-state index in [-0.39, 0.29) is 5.91 Å². The van der Waals surface area contributed by atoms with E-state index in [2.05, 4.69) is 39.2 Å². The number of carbonyl (C=O) groups excluding carboxylic acids is 1. The summed E-state index contributed by atoms with van der Waals surface area (Å²) in [6.45, 7) is 0.550. The van der Waals surface area contributed by atoms with Gasteiger partial charge in [0.2, 0.25) is 15.9 Å². The highest BCUT2D eigenvalue weighted by Crippen LogP contribution is 2.47. The molecule has 0 spiro atoms. The Labute approximate surface area is 180 Å². The Morgan fingerprint density at radius 1 is 0.867 bits per heavy atom. The van der Waals surface area contributed by atoms with Gasteiger partial charge in [-0.3, -0.25) is 9.52 Å². The summed E-state index contributed by atoms with van der Waals surface area (Å²) in [5, 5.41) is 2.87. The second kappa shape index (κ2) is 8.41. The largest absolute Gasteiger partial charge is 0.339 e. The first-order valence-electron chi connectivity index (χ1n) is 9.40. The molecule has 3 aromatic carbocycles. The normalized spacial score (nSPS) is 12.6. The number of carbonyl (C=O) groups is 1. The molecule has 0 fully saturated rings. The molecular weight excluding hydrogens is 418 g/mol. The molecule has 0 saturated carbocycles. The van der Waals surface area contributed by atoms with Crippen molar-refractivity contribution in [2.24, 2.45) is 0 Å². The minimum absolute atomic E-state index is 0.105. The Morgan fingerprint density at radius 2 is 1.40 bits per heavy atom. The van der Waals surface area contributed by atoms with Gasteiger partial charge in [0.25, 0.3) is 0 Å². The number of nitrogens with one attached hydrogen (secondary N) is 2. The fourth-order valence-corrected chi connectivity index (χ4v) is 4.95. The van der Waals surface area contributed by atoms with Crippen molar-refractivity contribution in [1.82, 2.24) is 0 Å². The van der Waals surface area contributed by atoms with Crippen LogP contribution in [-0.2, 0) is 14.8 Å². The Kier molecular flexibility index (Phi) is 5.69. The lowest BCUT2D eigenvalue weighted by molar-refractivity contribution is -0.116. The number of anilines is 4. The molecule has 1 aliphatic heterocycles. The van der Waals surface area contributed by atoms with Crippen LogP contribution in [0.2, 0.25) is 0 Å². The Hall–Kier alpha value is -2.97. The van der Waals surface area contributed by atoms with Gasteiger partial charge in [0.05, 0.1) is 17.6 Å². The molecule has 1 heterocycles. The Balaban J connectivity index is 1.43. The number of hydrogen-bond acceptors (Lipinski definition) is 5. The number of fused-ring (bicyclic) bond motifs is 2. The Bertz CT molecular complexity index is 1130. The number of amides is 1. The van der Waals surface area contributed by atoms with E-state index in [0.29, 0.717) is 24.3 Å². The summed E-state index contributed by atoms with van der Waals surface area (Å²) in [7, 11) is -3.33. The minimum Gasteiger partial charge on any atom is -0.339 e. The number of rotatable bonds is 6. The predicted octanol–water partition coefficient (Wildman–Crippen LogP) is 4.69. The molecule has 0 aromatic heterocycles. The molecule has 0 aliphatic carbocycles. The van der Waals surface area contributed by atoms with E-state index in [4.69, 9.17) is 0 Å². The number of hydrogen-bond donors (Lipinski definition) is 2. The van der Waals surface area contributed by atoms with Gasteiger partial charge in [-0.25, -0.2) is 8.42 Å². The van der Waals surface area contributed by atoms with Gasteiger partial charge in [-0.1, -0.05) is 36.0 Å². The average Bonchev–Trinajstić information content (AvgIpc) is 2.71. The molecule has 154 valence electrons. The quantitative estimate of drug-likeness (QED) is 0.583. The highest BCUT2D eigenvalue weighted by Gasteiger charge is 2.23. The van der Waals surface area contributed by atoms with Crippen LogP contribution in [0.25, 0.3) is 0 Å². The van der Waals surface area contributed by atoms with Gasteiger partial charge >= 0.3 is 0 Å². The first-order chi connectivity index (χ1) is 14.4. The molecule has 8 heteroatoms. The molecule has 0 bridgehead atoms. The van der Waals surface area contributed by atoms with Crippen LogP contribution >= 0.6 is 11.8 Å². The SMILES string of the molecule is CS(=O)(=O)Nc1ccc(NC(=O)CCN2c3ccccc3Sc3ccccc32)cc1. The smallest absolute Gasteiger partial charge is 0.229 e. The molecule has 0 saturated heterocycles. The maximum absolute atomic E-state index is 12.5. The zero-order valence-electron chi connectivity index (χ0n) is 16.3. The third-order valence-corrected chi connectivity index (χ3v) is 6.30. The lowest BCUT2D eigenvalue weighted by Gasteiger charge is -2.32. The minimum atomic E-state index is -3.33. The summed E-state index contributed by atoms with van der Waals surface area (Å²) < 4.78 is 25.0. The second-order valence-corrected chi connectivity index (χ2v) is 9.77. The Morgan fingerprint density at radius 3 is 1.97 bits per heavy atom. The van der Waals surface area contributed by atoms with Gasteiger partial charge in [-0.15, -0.1) is 0 Å². The number of benzene rings is 3. The van der Waals surface area contributed by atoms with Crippen LogP contribution in [0.15, 0.2) is 82.6 Å². The molecule has 4 rings (SSSR count). The zero-order chi connectivity index (χ0) is 21.1. The highest BCUT2D eigenvalue weighted by atomic mass is 32.2. The van der Waals surface area contributed by atoms with Crippen molar-refractivity contribution >= 4 is 50.4 Å². The summed E-state index contributed by atoms with van der Waals surface area (Å²) in [5.74, 6) is -0.105. The second-order valence-electron chi connectivity index (χ2n) is 6.94. The maximum Gasteiger partial charge on any atom is 0.229 e. The average molecular weight is 440 g/mol. The standard InChI is InChI=1S/C22H21N3O3S2/c1-30(27,28)24-17-12-10-16(11-13-17)23-22(26)14-15-25-18-6-2-4-8-20(18)29-21-9-5-3-7-19(21)25/h2-13,24H,14-15H2,1H3,(H,23,26). The van der Waals surface area contributed by atoms with Crippen molar-refractivity contribution in [1.29, 1.82) is 0 Å². The molecule has 6 nitrogen and oxygen atoms in total. The first kappa shape index (κ1) is 20.3. The molecule has 0 radical (unpaired) electrons. The van der Waals surface area contributed by atoms with Crippen LogP contribution in [0.1, 0.15) is 6.42 Å². The van der Waals surface area contributed by atoms with Crippen LogP contribution in [0, 0.1) is 0 Å². The van der Waals surface area contributed by atoms with Crippen LogP contribution in [0.4, 0.5) is 22.7 Å².